The van der Waals surface area contributed by atoms with E-state index in [4.69, 9.17) is 15.2 Å². The molecule has 0 amide bonds. The van der Waals surface area contributed by atoms with Gasteiger partial charge >= 0.3 is 0 Å². The lowest BCUT2D eigenvalue weighted by molar-refractivity contribution is 0.0724. The van der Waals surface area contributed by atoms with Crippen LogP contribution in [0.3, 0.4) is 0 Å². The smallest absolute Gasteiger partial charge is 0.128 e. The summed E-state index contributed by atoms with van der Waals surface area (Å²) in [7, 11) is 0. The molecule has 2 N–H and O–H groups in total. The molecule has 21 heavy (non-hydrogen) atoms. The van der Waals surface area contributed by atoms with Gasteiger partial charge in [-0.05, 0) is 45.6 Å². The summed E-state index contributed by atoms with van der Waals surface area (Å²) >= 11 is 0. The van der Waals surface area contributed by atoms with E-state index >= 15 is 0 Å². The van der Waals surface area contributed by atoms with Crippen LogP contribution in [0.4, 0.5) is 0 Å². The van der Waals surface area contributed by atoms with Gasteiger partial charge in [0.25, 0.3) is 0 Å². The van der Waals surface area contributed by atoms with E-state index in [2.05, 4.69) is 20.4 Å². The fourth-order valence-electron chi connectivity index (χ4n) is 2.74. The zero-order valence-corrected chi connectivity index (χ0v) is 13.2. The summed E-state index contributed by atoms with van der Waals surface area (Å²) in [4.78, 5) is 0. The molecule has 3 heteroatoms. The summed E-state index contributed by atoms with van der Waals surface area (Å²) in [6.07, 6.45) is 7.31. The Morgan fingerprint density at radius 3 is 2.95 bits per heavy atom. The van der Waals surface area contributed by atoms with Crippen LogP contribution in [-0.2, 0) is 0 Å². The summed E-state index contributed by atoms with van der Waals surface area (Å²) in [5, 5.41) is 0. The van der Waals surface area contributed by atoms with Crippen LogP contribution in [0.2, 0.25) is 0 Å². The highest BCUT2D eigenvalue weighted by Gasteiger charge is 2.31. The van der Waals surface area contributed by atoms with Crippen LogP contribution in [0, 0.1) is 0 Å². The topological polar surface area (TPSA) is 44.5 Å². The molecule has 1 atom stereocenters. The molecule has 1 aromatic rings. The number of hydrogen-bond donors (Lipinski definition) is 1. The van der Waals surface area contributed by atoms with E-state index in [1.54, 1.807) is 0 Å². The van der Waals surface area contributed by atoms with Crippen LogP contribution >= 0.6 is 0 Å². The summed E-state index contributed by atoms with van der Waals surface area (Å²) < 4.78 is 11.8. The Hall–Kier alpha value is -1.48. The van der Waals surface area contributed by atoms with Gasteiger partial charge in [0, 0.05) is 24.1 Å². The van der Waals surface area contributed by atoms with Gasteiger partial charge in [-0.3, -0.25) is 0 Å². The van der Waals surface area contributed by atoms with Crippen molar-refractivity contribution in [1.29, 1.82) is 0 Å². The largest absolute Gasteiger partial charge is 0.493 e. The molecule has 2 rings (SSSR count). The molecule has 0 spiro atoms. The third-order valence-corrected chi connectivity index (χ3v) is 3.80. The predicted octanol–water partition coefficient (Wildman–Crippen LogP) is 4.37. The first-order chi connectivity index (χ1) is 10.0. The van der Waals surface area contributed by atoms with Crippen molar-refractivity contribution in [3.63, 3.8) is 0 Å². The summed E-state index contributed by atoms with van der Waals surface area (Å²) in [6, 6.07) is 6.03. The lowest BCUT2D eigenvalue weighted by Gasteiger charge is -2.36. The molecule has 0 saturated carbocycles. The monoisotopic (exact) mass is 289 g/mol. The molecule has 0 saturated heterocycles. The molecule has 0 fully saturated rings. The number of ether oxygens (including phenoxy) is 2. The predicted molar refractivity (Wildman–Crippen MR) is 86.9 cm³/mol. The van der Waals surface area contributed by atoms with Crippen molar-refractivity contribution in [3.05, 3.63) is 36.4 Å². The minimum atomic E-state index is -0.213. The van der Waals surface area contributed by atoms with Crippen molar-refractivity contribution in [2.45, 2.75) is 57.6 Å². The van der Waals surface area contributed by atoms with Crippen LogP contribution in [0.15, 0.2) is 30.9 Å². The van der Waals surface area contributed by atoms with E-state index in [-0.39, 0.29) is 11.6 Å². The van der Waals surface area contributed by atoms with Crippen LogP contribution in [0.5, 0.6) is 11.5 Å². The maximum Gasteiger partial charge on any atom is 0.128 e. The van der Waals surface area contributed by atoms with Crippen LogP contribution in [-0.4, -0.2) is 12.2 Å². The fraction of sp³-hybridized carbons (Fsp3) is 0.556. The molecule has 116 valence electrons. The molecule has 0 radical (unpaired) electrons. The standard InChI is InChI=1S/C18H27NO2/c1-4-5-6-7-8-11-20-14-9-10-15-16(19)13-18(2,3)21-17(15)12-14/h4,9-10,12,16H,1,5-8,11,13,19H2,2-3H3. The van der Waals surface area contributed by atoms with Gasteiger partial charge in [-0.1, -0.05) is 12.1 Å². The first-order valence-electron chi connectivity index (χ1n) is 7.84. The van der Waals surface area contributed by atoms with Crippen LogP contribution < -0.4 is 15.2 Å². The molecule has 0 aromatic heterocycles. The number of allylic oxidation sites excluding steroid dienone is 1. The van der Waals surface area contributed by atoms with Crippen molar-refractivity contribution in [1.82, 2.24) is 0 Å². The second-order valence-corrected chi connectivity index (χ2v) is 6.36. The molecule has 1 aliphatic heterocycles. The molecule has 1 aromatic carbocycles. The van der Waals surface area contributed by atoms with Gasteiger partial charge in [0.05, 0.1) is 6.61 Å². The Labute approximate surface area is 128 Å². The second-order valence-electron chi connectivity index (χ2n) is 6.36. The molecule has 0 aliphatic carbocycles. The Bertz CT molecular complexity index is 482. The second kappa shape index (κ2) is 6.99. The Balaban J connectivity index is 1.90. The normalized spacial score (nSPS) is 19.5. The molecular formula is C18H27NO2. The molecule has 3 nitrogen and oxygen atoms in total. The quantitative estimate of drug-likeness (QED) is 0.598. The summed E-state index contributed by atoms with van der Waals surface area (Å²) in [6.45, 7) is 8.62. The lowest BCUT2D eigenvalue weighted by atomic mass is 9.90. The Morgan fingerprint density at radius 1 is 1.38 bits per heavy atom. The van der Waals surface area contributed by atoms with Crippen molar-refractivity contribution in [2.24, 2.45) is 5.73 Å². The van der Waals surface area contributed by atoms with Crippen molar-refractivity contribution in [2.75, 3.05) is 6.61 Å². The third kappa shape index (κ3) is 4.50. The zero-order chi connectivity index (χ0) is 15.3. The van der Waals surface area contributed by atoms with E-state index in [0.29, 0.717) is 0 Å². The highest BCUT2D eigenvalue weighted by molar-refractivity contribution is 5.44. The van der Waals surface area contributed by atoms with Gasteiger partial charge in [-0.15, -0.1) is 6.58 Å². The summed E-state index contributed by atoms with van der Waals surface area (Å²) in [5.41, 5.74) is 7.08. The van der Waals surface area contributed by atoms with Gasteiger partial charge < -0.3 is 15.2 Å². The third-order valence-electron chi connectivity index (χ3n) is 3.80. The minimum Gasteiger partial charge on any atom is -0.493 e. The first kappa shape index (κ1) is 15.9. The minimum absolute atomic E-state index is 0.0386. The Morgan fingerprint density at radius 2 is 2.19 bits per heavy atom. The maximum absolute atomic E-state index is 6.21. The Kier molecular flexibility index (Phi) is 5.29. The fourth-order valence-corrected chi connectivity index (χ4v) is 2.74. The van der Waals surface area contributed by atoms with Crippen LogP contribution in [0.1, 0.15) is 57.6 Å². The van der Waals surface area contributed by atoms with E-state index in [0.717, 1.165) is 42.9 Å². The SMILES string of the molecule is C=CCCCCCOc1ccc2c(c1)OC(C)(C)CC2N. The number of fused-ring (bicyclic) bond motifs is 1. The molecule has 1 heterocycles. The van der Waals surface area contributed by atoms with Crippen LogP contribution in [0.25, 0.3) is 0 Å². The van der Waals surface area contributed by atoms with Crippen molar-refractivity contribution < 1.29 is 9.47 Å². The molecule has 0 bridgehead atoms. The number of hydrogen-bond acceptors (Lipinski definition) is 3. The van der Waals surface area contributed by atoms with E-state index in [9.17, 15) is 0 Å². The van der Waals surface area contributed by atoms with Gasteiger partial charge in [-0.2, -0.15) is 0 Å². The first-order valence-corrected chi connectivity index (χ1v) is 7.84. The van der Waals surface area contributed by atoms with Gasteiger partial charge in [-0.25, -0.2) is 0 Å². The highest BCUT2D eigenvalue weighted by Crippen LogP contribution is 2.39. The van der Waals surface area contributed by atoms with Gasteiger partial charge in [0.2, 0.25) is 0 Å². The molecule has 1 aliphatic rings. The van der Waals surface area contributed by atoms with Crippen molar-refractivity contribution in [3.8, 4) is 11.5 Å². The zero-order valence-electron chi connectivity index (χ0n) is 13.2. The van der Waals surface area contributed by atoms with Gasteiger partial charge in [0.1, 0.15) is 17.1 Å². The van der Waals surface area contributed by atoms with Crippen molar-refractivity contribution >= 4 is 0 Å². The number of nitrogens with two attached hydrogens (primary N) is 1. The molecular weight excluding hydrogens is 262 g/mol. The van der Waals surface area contributed by atoms with Gasteiger partial charge in [0.15, 0.2) is 0 Å². The van der Waals surface area contributed by atoms with E-state index in [1.165, 1.54) is 12.8 Å². The lowest BCUT2D eigenvalue weighted by Crippen LogP contribution is -2.37. The average molecular weight is 289 g/mol. The highest BCUT2D eigenvalue weighted by atomic mass is 16.5. The number of rotatable bonds is 7. The number of benzene rings is 1. The number of unbranched alkanes of at least 4 members (excludes halogenated alkanes) is 3. The van der Waals surface area contributed by atoms with E-state index in [1.807, 2.05) is 24.3 Å². The molecule has 1 unspecified atom stereocenters. The summed E-state index contributed by atoms with van der Waals surface area (Å²) in [5.74, 6) is 1.73. The maximum atomic E-state index is 6.21. The average Bonchev–Trinajstić information content (AvgIpc) is 2.41. The van der Waals surface area contributed by atoms with E-state index < -0.39 is 0 Å².